The second kappa shape index (κ2) is 9.96. The summed E-state index contributed by atoms with van der Waals surface area (Å²) in [5.74, 6) is -0.587. The molecule has 0 bridgehead atoms. The highest BCUT2D eigenvalue weighted by Crippen LogP contribution is 2.37. The highest BCUT2D eigenvalue weighted by molar-refractivity contribution is 7.89. The molecule has 0 saturated heterocycles. The van der Waals surface area contributed by atoms with Gasteiger partial charge in [-0.1, -0.05) is 47.5 Å². The molecule has 3 aromatic carbocycles. The zero-order chi connectivity index (χ0) is 24.5. The number of ether oxygens (including phenoxy) is 1. The van der Waals surface area contributed by atoms with Gasteiger partial charge in [0, 0.05) is 6.04 Å². The highest BCUT2D eigenvalue weighted by atomic mass is 35.5. The third-order valence-electron chi connectivity index (χ3n) is 5.85. The molecule has 0 fully saturated rings. The Morgan fingerprint density at radius 2 is 1.91 bits per heavy atom. The van der Waals surface area contributed by atoms with Gasteiger partial charge in [-0.25, -0.2) is 17.9 Å². The van der Waals surface area contributed by atoms with Crippen molar-refractivity contribution in [1.82, 2.24) is 4.72 Å². The summed E-state index contributed by atoms with van der Waals surface area (Å²) in [6, 6.07) is 15.1. The van der Waals surface area contributed by atoms with Crippen molar-refractivity contribution in [3.8, 4) is 16.9 Å². The van der Waals surface area contributed by atoms with Crippen molar-refractivity contribution in [2.45, 2.75) is 37.1 Å². The average Bonchev–Trinajstić information content (AvgIpc) is 2.79. The van der Waals surface area contributed by atoms with Crippen molar-refractivity contribution in [3.63, 3.8) is 0 Å². The molecule has 0 unspecified atom stereocenters. The Morgan fingerprint density at radius 1 is 1.12 bits per heavy atom. The zero-order valence-electron chi connectivity index (χ0n) is 18.3. The standard InChI is InChI=1S/C25H23Cl2NO5S/c1-15-12-17(9-10-18(15)16-8-11-21(26)22(27)13-16)34(31,32)28-23-6-2-5-20-19(23)4-3-7-24(20)33-14-25(29)30/h3-4,7-13,23,28H,2,5-6,14H2,1H3,(H,29,30)/t23-/m1/s1. The maximum Gasteiger partial charge on any atom is 0.341 e. The molecule has 1 aliphatic carbocycles. The van der Waals surface area contributed by atoms with E-state index in [1.807, 2.05) is 19.1 Å². The van der Waals surface area contributed by atoms with Crippen molar-refractivity contribution >= 4 is 39.2 Å². The van der Waals surface area contributed by atoms with E-state index in [4.69, 9.17) is 33.0 Å². The molecule has 0 radical (unpaired) electrons. The van der Waals surface area contributed by atoms with Gasteiger partial charge in [0.2, 0.25) is 10.0 Å². The number of fused-ring (bicyclic) bond motifs is 1. The first-order valence-corrected chi connectivity index (χ1v) is 12.9. The smallest absolute Gasteiger partial charge is 0.341 e. The van der Waals surface area contributed by atoms with E-state index in [9.17, 15) is 13.2 Å². The van der Waals surface area contributed by atoms with Crippen LogP contribution in [0.2, 0.25) is 10.0 Å². The summed E-state index contributed by atoms with van der Waals surface area (Å²) in [5, 5.41) is 9.81. The van der Waals surface area contributed by atoms with Crippen LogP contribution in [0, 0.1) is 6.92 Å². The maximum atomic E-state index is 13.3. The van der Waals surface area contributed by atoms with E-state index in [0.717, 1.165) is 34.2 Å². The molecule has 6 nitrogen and oxygen atoms in total. The third kappa shape index (κ3) is 5.23. The number of benzene rings is 3. The molecule has 0 amide bonds. The summed E-state index contributed by atoms with van der Waals surface area (Å²) in [4.78, 5) is 11.1. The number of halogens is 2. The van der Waals surface area contributed by atoms with Gasteiger partial charge in [-0.2, -0.15) is 0 Å². The molecule has 3 aromatic rings. The molecule has 4 rings (SSSR count). The Labute approximate surface area is 208 Å². The van der Waals surface area contributed by atoms with E-state index in [2.05, 4.69) is 4.72 Å². The van der Waals surface area contributed by atoms with Crippen LogP contribution < -0.4 is 9.46 Å². The van der Waals surface area contributed by atoms with Gasteiger partial charge >= 0.3 is 5.97 Å². The molecule has 0 heterocycles. The monoisotopic (exact) mass is 519 g/mol. The molecule has 0 aromatic heterocycles. The van der Waals surface area contributed by atoms with E-state index in [1.165, 1.54) is 0 Å². The van der Waals surface area contributed by atoms with E-state index in [1.54, 1.807) is 42.5 Å². The lowest BCUT2D eigenvalue weighted by Crippen LogP contribution is -2.31. The van der Waals surface area contributed by atoms with Gasteiger partial charge in [-0.15, -0.1) is 0 Å². The summed E-state index contributed by atoms with van der Waals surface area (Å²) in [5.41, 5.74) is 4.14. The van der Waals surface area contributed by atoms with Crippen LogP contribution in [0.1, 0.15) is 35.6 Å². The van der Waals surface area contributed by atoms with Gasteiger partial charge < -0.3 is 9.84 Å². The molecule has 9 heteroatoms. The van der Waals surface area contributed by atoms with E-state index >= 15 is 0 Å². The van der Waals surface area contributed by atoms with Crippen molar-refractivity contribution in [2.75, 3.05) is 6.61 Å². The number of hydrogen-bond acceptors (Lipinski definition) is 4. The number of carboxylic acids is 1. The Hall–Kier alpha value is -2.58. The Kier molecular flexibility index (Phi) is 7.19. The van der Waals surface area contributed by atoms with E-state index in [-0.39, 0.29) is 4.90 Å². The van der Waals surface area contributed by atoms with Gasteiger partial charge in [-0.3, -0.25) is 0 Å². The highest BCUT2D eigenvalue weighted by Gasteiger charge is 2.28. The summed E-state index contributed by atoms with van der Waals surface area (Å²) in [6.45, 7) is 1.40. The third-order valence-corrected chi connectivity index (χ3v) is 8.06. The van der Waals surface area contributed by atoms with Crippen LogP contribution in [-0.4, -0.2) is 26.1 Å². The van der Waals surface area contributed by atoms with Crippen molar-refractivity contribution in [1.29, 1.82) is 0 Å². The predicted octanol–water partition coefficient (Wildman–Crippen LogP) is 5.79. The number of sulfonamides is 1. The summed E-state index contributed by atoms with van der Waals surface area (Å²) in [6.07, 6.45) is 2.08. The van der Waals surface area contributed by atoms with Crippen molar-refractivity contribution < 1.29 is 23.1 Å². The number of carboxylic acid groups (broad SMARTS) is 1. The van der Waals surface area contributed by atoms with Gasteiger partial charge in [0.25, 0.3) is 0 Å². The average molecular weight is 520 g/mol. The SMILES string of the molecule is Cc1cc(S(=O)(=O)N[C@@H]2CCCc3c(OCC(=O)O)cccc32)ccc1-c1ccc(Cl)c(Cl)c1. The number of hydrogen-bond donors (Lipinski definition) is 2. The van der Waals surface area contributed by atoms with Crippen LogP contribution in [0.4, 0.5) is 0 Å². The number of aryl methyl sites for hydroxylation is 1. The van der Waals surface area contributed by atoms with Gasteiger partial charge in [0.1, 0.15) is 5.75 Å². The predicted molar refractivity (Wildman–Crippen MR) is 132 cm³/mol. The van der Waals surface area contributed by atoms with Gasteiger partial charge in [0.05, 0.1) is 14.9 Å². The topological polar surface area (TPSA) is 92.7 Å². The minimum atomic E-state index is -3.81. The first kappa shape index (κ1) is 24.5. The normalized spacial score (nSPS) is 15.6. The lowest BCUT2D eigenvalue weighted by molar-refractivity contribution is -0.139. The molecule has 0 aliphatic heterocycles. The molecular formula is C25H23Cl2NO5S. The van der Waals surface area contributed by atoms with Crippen LogP contribution in [0.25, 0.3) is 11.1 Å². The molecule has 178 valence electrons. The Balaban J connectivity index is 1.60. The Bertz CT molecular complexity index is 1360. The molecular weight excluding hydrogens is 497 g/mol. The molecule has 1 atom stereocenters. The van der Waals surface area contributed by atoms with Crippen molar-refractivity contribution in [2.24, 2.45) is 0 Å². The zero-order valence-corrected chi connectivity index (χ0v) is 20.7. The maximum absolute atomic E-state index is 13.3. The second-order valence-corrected chi connectivity index (χ2v) is 10.7. The van der Waals surface area contributed by atoms with E-state index in [0.29, 0.717) is 28.6 Å². The van der Waals surface area contributed by atoms with Crippen LogP contribution >= 0.6 is 23.2 Å². The van der Waals surface area contributed by atoms with Gasteiger partial charge in [0.15, 0.2) is 6.61 Å². The van der Waals surface area contributed by atoms with Crippen molar-refractivity contribution in [3.05, 3.63) is 81.3 Å². The molecule has 0 spiro atoms. The first-order valence-electron chi connectivity index (χ1n) is 10.7. The minimum Gasteiger partial charge on any atom is -0.482 e. The molecule has 0 saturated carbocycles. The minimum absolute atomic E-state index is 0.166. The number of carbonyl (C=O) groups is 1. The lowest BCUT2D eigenvalue weighted by Gasteiger charge is -2.27. The van der Waals surface area contributed by atoms with Gasteiger partial charge in [-0.05, 0) is 84.3 Å². The van der Waals surface area contributed by atoms with Crippen LogP contribution in [-0.2, 0) is 21.2 Å². The number of rotatable bonds is 7. The fourth-order valence-electron chi connectivity index (χ4n) is 4.26. The first-order chi connectivity index (χ1) is 16.2. The fourth-order valence-corrected chi connectivity index (χ4v) is 5.89. The molecule has 34 heavy (non-hydrogen) atoms. The molecule has 2 N–H and O–H groups in total. The summed E-state index contributed by atoms with van der Waals surface area (Å²) >= 11 is 12.1. The quantitative estimate of drug-likeness (QED) is 0.412. The lowest BCUT2D eigenvalue weighted by atomic mass is 9.87. The van der Waals surface area contributed by atoms with Crippen LogP contribution in [0.15, 0.2) is 59.5 Å². The van der Waals surface area contributed by atoms with Crippen LogP contribution in [0.3, 0.4) is 0 Å². The Morgan fingerprint density at radius 3 is 2.62 bits per heavy atom. The summed E-state index contributed by atoms with van der Waals surface area (Å²) < 4.78 is 34.7. The summed E-state index contributed by atoms with van der Waals surface area (Å²) in [7, 11) is -3.81. The number of aliphatic carboxylic acids is 1. The van der Waals surface area contributed by atoms with Crippen LogP contribution in [0.5, 0.6) is 5.75 Å². The number of nitrogens with one attached hydrogen (secondary N) is 1. The molecule has 1 aliphatic rings. The van der Waals surface area contributed by atoms with E-state index < -0.39 is 28.6 Å². The fraction of sp³-hybridized carbons (Fsp3) is 0.240. The second-order valence-electron chi connectivity index (χ2n) is 8.18. The largest absolute Gasteiger partial charge is 0.482 e.